The fourth-order valence-electron chi connectivity index (χ4n) is 2.93. The van der Waals surface area contributed by atoms with Crippen LogP contribution in [-0.2, 0) is 14.1 Å². The molecule has 0 amide bonds. The summed E-state index contributed by atoms with van der Waals surface area (Å²) < 4.78 is 8.57. The number of pyridine rings is 1. The number of aromatic amines is 1. The van der Waals surface area contributed by atoms with Crippen LogP contribution in [0, 0.1) is 0 Å². The van der Waals surface area contributed by atoms with Gasteiger partial charge in [0.1, 0.15) is 16.9 Å². The molecule has 27 heavy (non-hydrogen) atoms. The fourth-order valence-corrected chi connectivity index (χ4v) is 3.12. The van der Waals surface area contributed by atoms with E-state index in [1.54, 1.807) is 38.3 Å². The zero-order chi connectivity index (χ0) is 19.1. The number of aryl methyl sites for hydroxylation is 2. The Morgan fingerprint density at radius 1 is 1.26 bits per heavy atom. The zero-order valence-corrected chi connectivity index (χ0v) is 15.6. The van der Waals surface area contributed by atoms with Gasteiger partial charge in [-0.25, -0.2) is 9.97 Å². The number of aromatic nitrogens is 6. The van der Waals surface area contributed by atoms with Gasteiger partial charge in [-0.05, 0) is 18.2 Å². The van der Waals surface area contributed by atoms with Crippen LogP contribution in [0.15, 0.2) is 35.4 Å². The number of nitrogens with one attached hydrogen (secondary N) is 2. The number of anilines is 2. The Hall–Kier alpha value is -3.33. The molecule has 4 aromatic rings. The van der Waals surface area contributed by atoms with E-state index < -0.39 is 0 Å². The molecule has 0 aliphatic rings. The van der Waals surface area contributed by atoms with Gasteiger partial charge in [0, 0.05) is 14.1 Å². The van der Waals surface area contributed by atoms with Gasteiger partial charge >= 0.3 is 0 Å². The van der Waals surface area contributed by atoms with Gasteiger partial charge in [0.25, 0.3) is 5.56 Å². The number of hydrogen-bond donors (Lipinski definition) is 2. The van der Waals surface area contributed by atoms with Crippen LogP contribution in [0.4, 0.5) is 11.4 Å². The second-order valence-electron chi connectivity index (χ2n) is 5.95. The molecule has 0 aliphatic carbocycles. The molecular weight excluding hydrogens is 370 g/mol. The first-order valence-corrected chi connectivity index (χ1v) is 8.41. The highest BCUT2D eigenvalue weighted by atomic mass is 35.5. The van der Waals surface area contributed by atoms with Crippen molar-refractivity contribution >= 4 is 34.0 Å². The molecule has 4 rings (SSSR count). The maximum Gasteiger partial charge on any atom is 0.277 e. The lowest BCUT2D eigenvalue weighted by Crippen LogP contribution is -2.12. The van der Waals surface area contributed by atoms with Gasteiger partial charge in [-0.3, -0.25) is 19.3 Å². The van der Waals surface area contributed by atoms with E-state index in [2.05, 4.69) is 25.5 Å². The molecule has 0 aliphatic heterocycles. The molecule has 0 radical (unpaired) electrons. The molecule has 3 aromatic heterocycles. The molecule has 0 spiro atoms. The van der Waals surface area contributed by atoms with Crippen molar-refractivity contribution in [1.29, 1.82) is 0 Å². The minimum atomic E-state index is -0.210. The largest absolute Gasteiger partial charge is 0.494 e. The molecule has 0 saturated heterocycles. The summed E-state index contributed by atoms with van der Waals surface area (Å²) in [5, 5.41) is 11.1. The van der Waals surface area contributed by atoms with Crippen molar-refractivity contribution in [2.45, 2.75) is 0 Å². The standard InChI is InChI=1S/C17H16ClN7O2/c1-24-8-19-15(22-24)9-5-4-6-10(14(9)27-3)20-11-7-12(18)21-16-13(11)17(26)25(2)23-16/h4-8H,1-3H3,(H2,20,21,23). The molecule has 1 aromatic carbocycles. The molecule has 138 valence electrons. The van der Waals surface area contributed by atoms with Gasteiger partial charge in [-0.2, -0.15) is 5.10 Å². The molecule has 9 nitrogen and oxygen atoms in total. The maximum atomic E-state index is 12.5. The predicted molar refractivity (Wildman–Crippen MR) is 103 cm³/mol. The number of fused-ring (bicyclic) bond motifs is 1. The van der Waals surface area contributed by atoms with Crippen molar-refractivity contribution < 1.29 is 4.74 Å². The minimum Gasteiger partial charge on any atom is -0.494 e. The van der Waals surface area contributed by atoms with Crippen LogP contribution in [0.25, 0.3) is 22.4 Å². The van der Waals surface area contributed by atoms with E-state index in [1.165, 1.54) is 4.68 Å². The van der Waals surface area contributed by atoms with Crippen molar-refractivity contribution in [2.24, 2.45) is 14.1 Å². The first-order valence-electron chi connectivity index (χ1n) is 8.03. The van der Waals surface area contributed by atoms with Crippen molar-refractivity contribution in [2.75, 3.05) is 12.4 Å². The third-order valence-electron chi connectivity index (χ3n) is 4.11. The average Bonchev–Trinajstić information content (AvgIpc) is 3.18. The number of nitrogens with zero attached hydrogens (tertiary/aromatic N) is 5. The number of H-pyrrole nitrogens is 1. The first kappa shape index (κ1) is 17.1. The predicted octanol–water partition coefficient (Wildman–Crippen LogP) is 2.46. The summed E-state index contributed by atoms with van der Waals surface area (Å²) in [5.41, 5.74) is 2.09. The lowest BCUT2D eigenvalue weighted by Gasteiger charge is -2.14. The lowest BCUT2D eigenvalue weighted by atomic mass is 10.1. The molecule has 2 N–H and O–H groups in total. The maximum absolute atomic E-state index is 12.5. The van der Waals surface area contributed by atoms with Crippen LogP contribution >= 0.6 is 11.6 Å². The number of para-hydroxylation sites is 1. The highest BCUT2D eigenvalue weighted by molar-refractivity contribution is 6.30. The van der Waals surface area contributed by atoms with Crippen LogP contribution in [0.5, 0.6) is 5.75 Å². The van der Waals surface area contributed by atoms with Gasteiger partial charge < -0.3 is 10.1 Å². The van der Waals surface area contributed by atoms with Crippen LogP contribution in [0.3, 0.4) is 0 Å². The van der Waals surface area contributed by atoms with E-state index >= 15 is 0 Å². The van der Waals surface area contributed by atoms with E-state index in [4.69, 9.17) is 16.3 Å². The van der Waals surface area contributed by atoms with Gasteiger partial charge in [0.05, 0.1) is 24.0 Å². The molecule has 0 saturated carbocycles. The zero-order valence-electron chi connectivity index (χ0n) is 14.8. The van der Waals surface area contributed by atoms with Crippen LogP contribution in [-0.4, -0.2) is 36.6 Å². The average molecular weight is 386 g/mol. The number of rotatable bonds is 4. The van der Waals surface area contributed by atoms with Gasteiger partial charge in [-0.1, -0.05) is 17.7 Å². The van der Waals surface area contributed by atoms with Crippen molar-refractivity contribution in [3.05, 3.63) is 46.1 Å². The number of hydrogen-bond acceptors (Lipinski definition) is 6. The summed E-state index contributed by atoms with van der Waals surface area (Å²) in [7, 11) is 4.98. The van der Waals surface area contributed by atoms with E-state index in [9.17, 15) is 4.79 Å². The quantitative estimate of drug-likeness (QED) is 0.523. The third kappa shape index (κ3) is 2.91. The van der Waals surface area contributed by atoms with Gasteiger partial charge in [-0.15, -0.1) is 0 Å². The Morgan fingerprint density at radius 3 is 2.78 bits per heavy atom. The summed E-state index contributed by atoms with van der Waals surface area (Å²) >= 11 is 6.12. The molecule has 0 fully saturated rings. The van der Waals surface area contributed by atoms with E-state index in [0.717, 1.165) is 5.56 Å². The fraction of sp³-hybridized carbons (Fsp3) is 0.176. The third-order valence-corrected chi connectivity index (χ3v) is 4.30. The molecule has 0 atom stereocenters. The van der Waals surface area contributed by atoms with Crippen molar-refractivity contribution in [3.8, 4) is 17.1 Å². The Kier molecular flexibility index (Phi) is 4.08. The Labute approximate surface area is 158 Å². The topological polar surface area (TPSA) is 103 Å². The highest BCUT2D eigenvalue weighted by Crippen LogP contribution is 2.37. The summed E-state index contributed by atoms with van der Waals surface area (Å²) in [6, 6.07) is 7.16. The second kappa shape index (κ2) is 6.44. The Bertz CT molecular complexity index is 1210. The number of ether oxygens (including phenoxy) is 1. The molecular formula is C17H16ClN7O2. The van der Waals surface area contributed by atoms with E-state index in [-0.39, 0.29) is 10.7 Å². The minimum absolute atomic E-state index is 0.210. The number of methoxy groups -OCH3 is 1. The number of halogens is 1. The van der Waals surface area contributed by atoms with Gasteiger partial charge in [0.15, 0.2) is 17.2 Å². The normalized spacial score (nSPS) is 11.1. The summed E-state index contributed by atoms with van der Waals surface area (Å²) in [4.78, 5) is 20.9. The van der Waals surface area contributed by atoms with Crippen LogP contribution in [0.2, 0.25) is 5.15 Å². The second-order valence-corrected chi connectivity index (χ2v) is 6.33. The van der Waals surface area contributed by atoms with E-state index in [0.29, 0.717) is 34.0 Å². The molecule has 0 unspecified atom stereocenters. The summed E-state index contributed by atoms with van der Waals surface area (Å²) in [6.45, 7) is 0. The summed E-state index contributed by atoms with van der Waals surface area (Å²) in [6.07, 6.45) is 1.62. The molecule has 3 heterocycles. The Balaban J connectivity index is 1.87. The van der Waals surface area contributed by atoms with Crippen molar-refractivity contribution in [1.82, 2.24) is 29.5 Å². The van der Waals surface area contributed by atoms with Gasteiger partial charge in [0.2, 0.25) is 0 Å². The van der Waals surface area contributed by atoms with Crippen LogP contribution in [0.1, 0.15) is 0 Å². The SMILES string of the molecule is COc1c(Nc2cc(Cl)nc3[nH]n(C)c(=O)c23)cccc1-c1ncn(C)n1. The highest BCUT2D eigenvalue weighted by Gasteiger charge is 2.17. The number of benzene rings is 1. The molecule has 0 bridgehead atoms. The van der Waals surface area contributed by atoms with Crippen molar-refractivity contribution in [3.63, 3.8) is 0 Å². The van der Waals surface area contributed by atoms with Crippen LogP contribution < -0.4 is 15.6 Å². The lowest BCUT2D eigenvalue weighted by molar-refractivity contribution is 0.418. The smallest absolute Gasteiger partial charge is 0.277 e. The first-order chi connectivity index (χ1) is 13.0. The molecule has 10 heteroatoms. The monoisotopic (exact) mass is 385 g/mol. The summed E-state index contributed by atoms with van der Waals surface area (Å²) in [5.74, 6) is 1.09. The Morgan fingerprint density at radius 2 is 2.07 bits per heavy atom. The van der Waals surface area contributed by atoms with E-state index in [1.807, 2.05) is 18.2 Å².